The summed E-state index contributed by atoms with van der Waals surface area (Å²) in [5.41, 5.74) is 1.45. The Balaban J connectivity index is 2.58. The van der Waals surface area contributed by atoms with Gasteiger partial charge in [0.15, 0.2) is 0 Å². The third-order valence-corrected chi connectivity index (χ3v) is 2.31. The Morgan fingerprint density at radius 1 is 1.47 bits per heavy atom. The van der Waals surface area contributed by atoms with Gasteiger partial charge in [-0.05, 0) is 31.0 Å². The molecule has 0 bridgehead atoms. The van der Waals surface area contributed by atoms with E-state index in [-0.39, 0.29) is 0 Å². The standard InChI is InChI=1S/C14H16O3/c1-11(14(15)16)6-3-4-7-12-8-5-9-13(10-12)17-2/h3-6,8-10H,7H2,1-2H3,(H,15,16)/b4-3+,11-6+. The summed E-state index contributed by atoms with van der Waals surface area (Å²) in [6.45, 7) is 1.57. The van der Waals surface area contributed by atoms with Crippen LogP contribution in [0.25, 0.3) is 0 Å². The number of methoxy groups -OCH3 is 1. The molecule has 90 valence electrons. The van der Waals surface area contributed by atoms with E-state index in [0.29, 0.717) is 5.57 Å². The zero-order valence-corrected chi connectivity index (χ0v) is 10.0. The van der Waals surface area contributed by atoms with Crippen molar-refractivity contribution in [1.82, 2.24) is 0 Å². The van der Waals surface area contributed by atoms with Gasteiger partial charge < -0.3 is 9.84 Å². The fraction of sp³-hybridized carbons (Fsp3) is 0.214. The molecule has 0 saturated carbocycles. The van der Waals surface area contributed by atoms with Crippen LogP contribution < -0.4 is 4.74 Å². The number of aliphatic carboxylic acids is 1. The van der Waals surface area contributed by atoms with Crippen molar-refractivity contribution in [3.63, 3.8) is 0 Å². The lowest BCUT2D eigenvalue weighted by atomic mass is 10.1. The highest BCUT2D eigenvalue weighted by Crippen LogP contribution is 2.13. The van der Waals surface area contributed by atoms with Gasteiger partial charge in [-0.3, -0.25) is 0 Å². The number of carboxylic acid groups (broad SMARTS) is 1. The van der Waals surface area contributed by atoms with Crippen molar-refractivity contribution in [2.24, 2.45) is 0 Å². The predicted molar refractivity (Wildman–Crippen MR) is 67.2 cm³/mol. The number of allylic oxidation sites excluding steroid dienone is 3. The summed E-state index contributed by atoms with van der Waals surface area (Å²) in [6.07, 6.45) is 6.01. The second kappa shape index (κ2) is 6.53. The fourth-order valence-corrected chi connectivity index (χ4v) is 1.29. The molecule has 0 unspecified atom stereocenters. The third-order valence-electron chi connectivity index (χ3n) is 2.31. The maximum Gasteiger partial charge on any atom is 0.331 e. The summed E-state index contributed by atoms with van der Waals surface area (Å²) < 4.78 is 5.12. The molecular formula is C14H16O3. The second-order valence-corrected chi connectivity index (χ2v) is 3.64. The van der Waals surface area contributed by atoms with Crippen molar-refractivity contribution < 1.29 is 14.6 Å². The van der Waals surface area contributed by atoms with Crippen LogP contribution in [0.3, 0.4) is 0 Å². The van der Waals surface area contributed by atoms with E-state index >= 15 is 0 Å². The lowest BCUT2D eigenvalue weighted by Crippen LogP contribution is -1.94. The van der Waals surface area contributed by atoms with Gasteiger partial charge >= 0.3 is 5.97 Å². The maximum atomic E-state index is 10.5. The molecule has 0 aliphatic heterocycles. The van der Waals surface area contributed by atoms with Crippen LogP contribution in [0, 0.1) is 0 Å². The first-order valence-corrected chi connectivity index (χ1v) is 5.33. The SMILES string of the molecule is COc1cccc(C/C=C/C=C(\C)C(=O)O)c1. The summed E-state index contributed by atoms with van der Waals surface area (Å²) in [7, 11) is 1.63. The average molecular weight is 232 g/mol. The number of carboxylic acids is 1. The van der Waals surface area contributed by atoms with E-state index in [1.165, 1.54) is 0 Å². The summed E-state index contributed by atoms with van der Waals surface area (Å²) >= 11 is 0. The lowest BCUT2D eigenvalue weighted by Gasteiger charge is -2.01. The fourth-order valence-electron chi connectivity index (χ4n) is 1.29. The molecular weight excluding hydrogens is 216 g/mol. The van der Waals surface area contributed by atoms with Gasteiger partial charge in [-0.1, -0.05) is 30.4 Å². The van der Waals surface area contributed by atoms with Crippen molar-refractivity contribution in [2.45, 2.75) is 13.3 Å². The molecule has 3 heteroatoms. The van der Waals surface area contributed by atoms with Gasteiger partial charge in [0, 0.05) is 5.57 Å². The summed E-state index contributed by atoms with van der Waals surface area (Å²) in [5.74, 6) is -0.0656. The average Bonchev–Trinajstić information content (AvgIpc) is 2.34. The summed E-state index contributed by atoms with van der Waals surface area (Å²) in [5, 5.41) is 8.65. The molecule has 0 fully saturated rings. The zero-order valence-electron chi connectivity index (χ0n) is 10.0. The minimum absolute atomic E-state index is 0.326. The van der Waals surface area contributed by atoms with Gasteiger partial charge in [-0.15, -0.1) is 0 Å². The highest BCUT2D eigenvalue weighted by molar-refractivity contribution is 5.86. The summed E-state index contributed by atoms with van der Waals surface area (Å²) in [4.78, 5) is 10.5. The van der Waals surface area contributed by atoms with Gasteiger partial charge in [0.2, 0.25) is 0 Å². The molecule has 0 heterocycles. The molecule has 1 rings (SSSR count). The minimum atomic E-state index is -0.893. The Morgan fingerprint density at radius 3 is 2.88 bits per heavy atom. The molecule has 0 radical (unpaired) electrons. The molecule has 0 aliphatic rings. The third kappa shape index (κ3) is 4.55. The van der Waals surface area contributed by atoms with Crippen molar-refractivity contribution in [3.8, 4) is 5.75 Å². The largest absolute Gasteiger partial charge is 0.497 e. The van der Waals surface area contributed by atoms with Crippen molar-refractivity contribution in [2.75, 3.05) is 7.11 Å². The van der Waals surface area contributed by atoms with E-state index in [0.717, 1.165) is 17.7 Å². The van der Waals surface area contributed by atoms with Gasteiger partial charge in [-0.2, -0.15) is 0 Å². The Kier molecular flexibility index (Phi) is 5.01. The topological polar surface area (TPSA) is 46.5 Å². The Hall–Kier alpha value is -2.03. The number of carbonyl (C=O) groups is 1. The van der Waals surface area contributed by atoms with Gasteiger partial charge in [0.25, 0.3) is 0 Å². The van der Waals surface area contributed by atoms with E-state index in [4.69, 9.17) is 9.84 Å². The molecule has 0 atom stereocenters. The van der Waals surface area contributed by atoms with Gasteiger partial charge in [0.1, 0.15) is 5.75 Å². The minimum Gasteiger partial charge on any atom is -0.497 e. The molecule has 1 aromatic rings. The molecule has 0 spiro atoms. The molecule has 3 nitrogen and oxygen atoms in total. The van der Waals surface area contributed by atoms with Crippen molar-refractivity contribution in [1.29, 1.82) is 0 Å². The molecule has 0 saturated heterocycles. The van der Waals surface area contributed by atoms with Crippen LogP contribution in [-0.2, 0) is 11.2 Å². The normalized spacial score (nSPS) is 11.8. The molecule has 0 aromatic heterocycles. The van der Waals surface area contributed by atoms with E-state index in [1.807, 2.05) is 30.3 Å². The van der Waals surface area contributed by atoms with Crippen molar-refractivity contribution in [3.05, 3.63) is 53.6 Å². The number of rotatable bonds is 5. The first-order valence-electron chi connectivity index (χ1n) is 5.33. The quantitative estimate of drug-likeness (QED) is 0.627. The first-order chi connectivity index (χ1) is 8.13. The van der Waals surface area contributed by atoms with Crippen LogP contribution in [-0.4, -0.2) is 18.2 Å². The van der Waals surface area contributed by atoms with Crippen LogP contribution in [0.2, 0.25) is 0 Å². The molecule has 17 heavy (non-hydrogen) atoms. The molecule has 1 aromatic carbocycles. The van der Waals surface area contributed by atoms with Crippen LogP contribution in [0.15, 0.2) is 48.1 Å². The zero-order chi connectivity index (χ0) is 12.7. The van der Waals surface area contributed by atoms with E-state index in [2.05, 4.69) is 0 Å². The van der Waals surface area contributed by atoms with E-state index in [1.54, 1.807) is 26.2 Å². The smallest absolute Gasteiger partial charge is 0.331 e. The Labute approximate surface area is 101 Å². The molecule has 0 aliphatic carbocycles. The Bertz CT molecular complexity index is 445. The monoisotopic (exact) mass is 232 g/mol. The first kappa shape index (κ1) is 13.0. The van der Waals surface area contributed by atoms with Gasteiger partial charge in [-0.25, -0.2) is 4.79 Å². The number of hydrogen-bond donors (Lipinski definition) is 1. The highest BCUT2D eigenvalue weighted by Gasteiger charge is 1.96. The van der Waals surface area contributed by atoms with Gasteiger partial charge in [0.05, 0.1) is 7.11 Å². The highest BCUT2D eigenvalue weighted by atomic mass is 16.5. The Morgan fingerprint density at radius 2 is 2.24 bits per heavy atom. The summed E-state index contributed by atoms with van der Waals surface area (Å²) in [6, 6.07) is 7.78. The van der Waals surface area contributed by atoms with E-state index in [9.17, 15) is 4.79 Å². The second-order valence-electron chi connectivity index (χ2n) is 3.64. The van der Waals surface area contributed by atoms with Crippen LogP contribution in [0.1, 0.15) is 12.5 Å². The lowest BCUT2D eigenvalue weighted by molar-refractivity contribution is -0.132. The predicted octanol–water partition coefficient (Wildman–Crippen LogP) is 2.82. The van der Waals surface area contributed by atoms with Crippen molar-refractivity contribution >= 4 is 5.97 Å². The maximum absolute atomic E-state index is 10.5. The number of hydrogen-bond acceptors (Lipinski definition) is 2. The molecule has 1 N–H and O–H groups in total. The number of ether oxygens (including phenoxy) is 1. The number of benzene rings is 1. The van der Waals surface area contributed by atoms with E-state index < -0.39 is 5.97 Å². The van der Waals surface area contributed by atoms with Crippen LogP contribution >= 0.6 is 0 Å². The molecule has 0 amide bonds. The van der Waals surface area contributed by atoms with Crippen LogP contribution in [0.4, 0.5) is 0 Å². The van der Waals surface area contributed by atoms with Crippen LogP contribution in [0.5, 0.6) is 5.75 Å².